The Morgan fingerprint density at radius 2 is 2.00 bits per heavy atom. The van der Waals surface area contributed by atoms with E-state index in [1.807, 2.05) is 0 Å². The molecule has 66 valence electrons. The molecule has 1 rings (SSSR count). The summed E-state index contributed by atoms with van der Waals surface area (Å²) in [5.74, 6) is 0. The second-order valence-electron chi connectivity index (χ2n) is 3.51. The molecule has 11 heavy (non-hydrogen) atoms. The van der Waals surface area contributed by atoms with Crippen LogP contribution in [-0.4, -0.2) is 29.0 Å². The highest BCUT2D eigenvalue weighted by molar-refractivity contribution is 7.27. The molecule has 0 saturated carbocycles. The van der Waals surface area contributed by atoms with Crippen LogP contribution in [-0.2, 0) is 4.43 Å². The van der Waals surface area contributed by atoms with Crippen LogP contribution < -0.4 is 0 Å². The zero-order valence-corrected chi connectivity index (χ0v) is 8.64. The molecule has 0 aliphatic carbocycles. The third-order valence-corrected chi connectivity index (χ3v) is 9.84. The minimum atomic E-state index is -2.88. The Balaban J connectivity index is 2.63. The van der Waals surface area contributed by atoms with Gasteiger partial charge in [-0.2, -0.15) is 0 Å². The number of hydrogen-bond acceptors (Lipinski definition) is 1. The maximum absolute atomic E-state index is 13.0. The molecule has 0 amide bonds. The van der Waals surface area contributed by atoms with Crippen LogP contribution >= 0.6 is 0 Å². The number of hydrogen-bond donors (Lipinski definition) is 0. The molecule has 0 bridgehead atoms. The first kappa shape index (κ1) is 9.27. The smallest absolute Gasteiger partial charge is 0.350 e. The number of alkyl halides is 2. The van der Waals surface area contributed by atoms with Crippen molar-refractivity contribution in [3.63, 3.8) is 0 Å². The second kappa shape index (κ2) is 2.91. The summed E-state index contributed by atoms with van der Waals surface area (Å²) in [7, 11) is -5.04. The van der Waals surface area contributed by atoms with Gasteiger partial charge in [0.05, 0.1) is 0 Å². The van der Waals surface area contributed by atoms with Gasteiger partial charge in [-0.1, -0.05) is 13.1 Å². The fourth-order valence-electron chi connectivity index (χ4n) is 1.07. The Labute approximate surface area is 66.2 Å². The molecule has 0 aromatic carbocycles. The summed E-state index contributed by atoms with van der Waals surface area (Å²) in [6.45, 7) is 3.42. The van der Waals surface area contributed by atoms with Gasteiger partial charge < -0.3 is 4.43 Å². The highest BCUT2D eigenvalue weighted by Crippen LogP contribution is 2.29. The maximum Gasteiger partial charge on any atom is 0.350 e. The van der Waals surface area contributed by atoms with Crippen molar-refractivity contribution in [3.05, 3.63) is 0 Å². The predicted octanol–water partition coefficient (Wildman–Crippen LogP) is 1.63. The lowest BCUT2D eigenvalue weighted by Crippen LogP contribution is -2.54. The predicted molar refractivity (Wildman–Crippen MR) is 41.4 cm³/mol. The van der Waals surface area contributed by atoms with E-state index >= 15 is 0 Å². The standard InChI is InChI=1S/C5H11F3OSi2/c1-11(2)3-4(6)5(7)9-10(11)8/h4-5,10H,3H2,1-2H3. The average Bonchev–Trinajstić information content (AvgIpc) is 1.83. The molecule has 3 unspecified atom stereocenters. The van der Waals surface area contributed by atoms with Crippen molar-refractivity contribution >= 4 is 16.5 Å². The monoisotopic (exact) mass is 200 g/mol. The van der Waals surface area contributed by atoms with E-state index < -0.39 is 29.0 Å². The van der Waals surface area contributed by atoms with Gasteiger partial charge in [-0.15, -0.1) is 0 Å². The van der Waals surface area contributed by atoms with Gasteiger partial charge in [0.15, 0.2) is 6.17 Å². The fourth-order valence-corrected chi connectivity index (χ4v) is 5.94. The second-order valence-corrected chi connectivity index (χ2v) is 14.9. The van der Waals surface area contributed by atoms with E-state index in [0.717, 1.165) is 0 Å². The maximum atomic E-state index is 13.0. The van der Waals surface area contributed by atoms with Crippen LogP contribution in [0.5, 0.6) is 0 Å². The molecule has 0 spiro atoms. The van der Waals surface area contributed by atoms with Gasteiger partial charge in [-0.25, -0.2) is 8.78 Å². The van der Waals surface area contributed by atoms with Gasteiger partial charge in [-0.3, -0.25) is 4.11 Å². The first-order valence-corrected chi connectivity index (χ1v) is 9.43. The van der Waals surface area contributed by atoms with Crippen LogP contribution in [0.2, 0.25) is 19.1 Å². The van der Waals surface area contributed by atoms with Gasteiger partial charge in [0.25, 0.3) is 0 Å². The van der Waals surface area contributed by atoms with Gasteiger partial charge in [0, 0.05) is 0 Å². The zero-order chi connectivity index (χ0) is 8.65. The van der Waals surface area contributed by atoms with Crippen molar-refractivity contribution in [2.75, 3.05) is 0 Å². The molecular weight excluding hydrogens is 189 g/mol. The van der Waals surface area contributed by atoms with E-state index in [1.165, 1.54) is 0 Å². The Bertz CT molecular complexity index is 155. The van der Waals surface area contributed by atoms with E-state index in [9.17, 15) is 12.9 Å². The van der Waals surface area contributed by atoms with Crippen LogP contribution in [0.25, 0.3) is 0 Å². The summed E-state index contributed by atoms with van der Waals surface area (Å²) in [4.78, 5) is 0. The van der Waals surface area contributed by atoms with Gasteiger partial charge in [0.1, 0.15) is 7.59 Å². The SMILES string of the molecule is C[Si]1(C)CC(F)C(F)O[SiH]1F. The minimum absolute atomic E-state index is 0.0710. The Morgan fingerprint density at radius 1 is 1.45 bits per heavy atom. The van der Waals surface area contributed by atoms with Gasteiger partial charge in [0.2, 0.25) is 6.36 Å². The third-order valence-electron chi connectivity index (χ3n) is 1.87. The Hall–Kier alpha value is 0.184. The highest BCUT2D eigenvalue weighted by Gasteiger charge is 2.47. The zero-order valence-electron chi connectivity index (χ0n) is 6.48. The molecule has 3 atom stereocenters. The summed E-state index contributed by atoms with van der Waals surface area (Å²) in [6, 6.07) is 0.0710. The lowest BCUT2D eigenvalue weighted by Gasteiger charge is -2.33. The summed E-state index contributed by atoms with van der Waals surface area (Å²) >= 11 is 0. The van der Waals surface area contributed by atoms with Crippen molar-refractivity contribution < 1.29 is 17.3 Å². The molecule has 1 aliphatic heterocycles. The van der Waals surface area contributed by atoms with Crippen molar-refractivity contribution in [3.8, 4) is 0 Å². The van der Waals surface area contributed by atoms with Gasteiger partial charge >= 0.3 is 8.89 Å². The lowest BCUT2D eigenvalue weighted by molar-refractivity contribution is -0.0110. The molecule has 0 N–H and O–H groups in total. The molecule has 0 aromatic heterocycles. The quantitative estimate of drug-likeness (QED) is 0.426. The molecule has 1 fully saturated rings. The van der Waals surface area contributed by atoms with Crippen molar-refractivity contribution in [1.82, 2.24) is 0 Å². The number of halogens is 3. The lowest BCUT2D eigenvalue weighted by atomic mass is 10.4. The molecule has 1 aliphatic rings. The molecule has 0 radical (unpaired) electrons. The van der Waals surface area contributed by atoms with Crippen LogP contribution in [0.4, 0.5) is 12.9 Å². The Morgan fingerprint density at radius 3 is 2.45 bits per heavy atom. The summed E-state index contributed by atoms with van der Waals surface area (Å²) in [6.07, 6.45) is -3.60. The highest BCUT2D eigenvalue weighted by atomic mass is 29.3. The van der Waals surface area contributed by atoms with E-state index in [2.05, 4.69) is 4.43 Å². The topological polar surface area (TPSA) is 9.23 Å². The van der Waals surface area contributed by atoms with E-state index in [4.69, 9.17) is 0 Å². The van der Waals surface area contributed by atoms with Crippen LogP contribution in [0.1, 0.15) is 0 Å². The first-order valence-electron chi connectivity index (χ1n) is 3.51. The first-order chi connectivity index (χ1) is 4.93. The Kier molecular flexibility index (Phi) is 2.45. The molecule has 1 nitrogen and oxygen atoms in total. The molecule has 0 aromatic rings. The summed E-state index contributed by atoms with van der Waals surface area (Å²) in [5.41, 5.74) is 0. The van der Waals surface area contributed by atoms with Crippen LogP contribution in [0.15, 0.2) is 0 Å². The van der Waals surface area contributed by atoms with E-state index in [-0.39, 0.29) is 6.04 Å². The molecule has 1 heterocycles. The van der Waals surface area contributed by atoms with Crippen LogP contribution in [0.3, 0.4) is 0 Å². The third kappa shape index (κ3) is 1.85. The average molecular weight is 200 g/mol. The van der Waals surface area contributed by atoms with E-state index in [0.29, 0.717) is 0 Å². The van der Waals surface area contributed by atoms with Crippen molar-refractivity contribution in [2.24, 2.45) is 0 Å². The van der Waals surface area contributed by atoms with Gasteiger partial charge in [-0.05, 0) is 6.04 Å². The summed E-state index contributed by atoms with van der Waals surface area (Å²) < 4.78 is 42.3. The minimum Gasteiger partial charge on any atom is -0.363 e. The van der Waals surface area contributed by atoms with Crippen molar-refractivity contribution in [1.29, 1.82) is 0 Å². The van der Waals surface area contributed by atoms with Crippen molar-refractivity contribution in [2.45, 2.75) is 31.7 Å². The molecular formula is C5H11F3OSi2. The summed E-state index contributed by atoms with van der Waals surface area (Å²) in [5, 5.41) is 0. The molecule has 1 saturated heterocycles. The fraction of sp³-hybridized carbons (Fsp3) is 1.00. The molecule has 6 heteroatoms. The normalized spacial score (nSPS) is 43.9. The van der Waals surface area contributed by atoms with E-state index in [1.54, 1.807) is 13.1 Å². The largest absolute Gasteiger partial charge is 0.363 e. The number of rotatable bonds is 0. The van der Waals surface area contributed by atoms with Crippen LogP contribution in [0, 0.1) is 0 Å².